The van der Waals surface area contributed by atoms with Crippen molar-refractivity contribution in [3.05, 3.63) is 34.3 Å². The molecular weight excluding hydrogens is 260 g/mol. The molecule has 0 aliphatic carbocycles. The molecule has 0 radical (unpaired) electrons. The molecule has 0 amide bonds. The molecule has 1 aromatic carbocycles. The zero-order valence-corrected chi connectivity index (χ0v) is 12.2. The molecule has 0 aliphatic heterocycles. The third-order valence-electron chi connectivity index (χ3n) is 3.27. The van der Waals surface area contributed by atoms with Gasteiger partial charge in [0.2, 0.25) is 0 Å². The Morgan fingerprint density at radius 1 is 1.26 bits per heavy atom. The zero-order chi connectivity index (χ0) is 14.0. The van der Waals surface area contributed by atoms with Gasteiger partial charge in [0.05, 0.1) is 11.1 Å². The van der Waals surface area contributed by atoms with E-state index in [0.717, 1.165) is 41.7 Å². The van der Waals surface area contributed by atoms with Crippen LogP contribution in [0.3, 0.4) is 0 Å². The molecule has 4 heteroatoms. The molecule has 0 saturated heterocycles. The first-order valence-electron chi connectivity index (χ1n) is 6.41. The highest BCUT2D eigenvalue weighted by molar-refractivity contribution is 6.31. The Bertz CT molecular complexity index is 621. The molecular formula is C15H17ClN2O. The topological polar surface area (TPSA) is 33.2 Å². The van der Waals surface area contributed by atoms with Crippen molar-refractivity contribution in [2.24, 2.45) is 0 Å². The van der Waals surface area contributed by atoms with Crippen molar-refractivity contribution in [3.8, 4) is 0 Å². The molecule has 1 heterocycles. The van der Waals surface area contributed by atoms with E-state index in [1.54, 1.807) is 0 Å². The summed E-state index contributed by atoms with van der Waals surface area (Å²) in [6, 6.07) is 5.60. The van der Waals surface area contributed by atoms with Crippen LogP contribution in [0.4, 0.5) is 5.82 Å². The number of anilines is 1. The van der Waals surface area contributed by atoms with E-state index in [4.69, 9.17) is 11.6 Å². The number of hydrogen-bond donors (Lipinski definition) is 0. The van der Waals surface area contributed by atoms with Crippen LogP contribution in [-0.4, -0.2) is 24.4 Å². The van der Waals surface area contributed by atoms with Crippen molar-refractivity contribution >= 4 is 34.6 Å². The normalized spacial score (nSPS) is 10.7. The summed E-state index contributed by atoms with van der Waals surface area (Å²) in [5.74, 6) is 0.748. The van der Waals surface area contributed by atoms with Crippen LogP contribution in [0.15, 0.2) is 18.2 Å². The highest BCUT2D eigenvalue weighted by Crippen LogP contribution is 2.27. The van der Waals surface area contributed by atoms with Crippen molar-refractivity contribution in [3.63, 3.8) is 0 Å². The zero-order valence-electron chi connectivity index (χ0n) is 11.4. The summed E-state index contributed by atoms with van der Waals surface area (Å²) in [5, 5.41) is 1.57. The third-order valence-corrected chi connectivity index (χ3v) is 3.49. The molecule has 100 valence electrons. The van der Waals surface area contributed by atoms with Crippen molar-refractivity contribution < 1.29 is 4.79 Å². The lowest BCUT2D eigenvalue weighted by molar-refractivity contribution is 0.112. The number of aryl methyl sites for hydroxylation is 1. The predicted octanol–water partition coefficient (Wildman–Crippen LogP) is 3.86. The van der Waals surface area contributed by atoms with Gasteiger partial charge in [-0.1, -0.05) is 11.6 Å². The lowest BCUT2D eigenvalue weighted by atomic mass is 10.1. The van der Waals surface area contributed by atoms with E-state index in [9.17, 15) is 4.79 Å². The van der Waals surface area contributed by atoms with Crippen LogP contribution in [0.1, 0.15) is 29.8 Å². The Morgan fingerprint density at radius 3 is 2.53 bits per heavy atom. The average molecular weight is 277 g/mol. The number of hydrogen-bond acceptors (Lipinski definition) is 3. The maximum Gasteiger partial charge on any atom is 0.153 e. The summed E-state index contributed by atoms with van der Waals surface area (Å²) in [4.78, 5) is 18.0. The highest BCUT2D eigenvalue weighted by atomic mass is 35.5. The molecule has 0 spiro atoms. The molecule has 1 aromatic heterocycles. The number of rotatable bonds is 4. The van der Waals surface area contributed by atoms with Crippen LogP contribution >= 0.6 is 11.6 Å². The molecule has 19 heavy (non-hydrogen) atoms. The molecule has 2 rings (SSSR count). The maximum atomic E-state index is 11.3. The van der Waals surface area contributed by atoms with Gasteiger partial charge < -0.3 is 4.90 Å². The van der Waals surface area contributed by atoms with Gasteiger partial charge in [-0.25, -0.2) is 4.98 Å². The second-order valence-corrected chi connectivity index (χ2v) is 4.92. The second kappa shape index (κ2) is 5.57. The number of fused-ring (bicyclic) bond motifs is 1. The molecule has 0 bridgehead atoms. The fourth-order valence-corrected chi connectivity index (χ4v) is 2.57. The van der Waals surface area contributed by atoms with E-state index < -0.39 is 0 Å². The fraction of sp³-hybridized carbons (Fsp3) is 0.333. The van der Waals surface area contributed by atoms with E-state index in [2.05, 4.69) is 23.7 Å². The number of aromatic nitrogens is 1. The van der Waals surface area contributed by atoms with Crippen LogP contribution in [0, 0.1) is 6.92 Å². The number of nitrogens with zero attached hydrogens (tertiary/aromatic N) is 2. The van der Waals surface area contributed by atoms with Crippen molar-refractivity contribution in [2.45, 2.75) is 20.8 Å². The molecule has 0 N–H and O–H groups in total. The molecule has 2 aromatic rings. The number of pyridine rings is 1. The van der Waals surface area contributed by atoms with E-state index in [1.165, 1.54) is 0 Å². The number of carbonyl (C=O) groups is 1. The van der Waals surface area contributed by atoms with Crippen molar-refractivity contribution in [1.82, 2.24) is 4.98 Å². The molecule has 0 fully saturated rings. The SMILES string of the molecule is CCN(CC)c1nc2c(C)cc(Cl)cc2cc1C=O. The van der Waals surface area contributed by atoms with Gasteiger partial charge in [0.25, 0.3) is 0 Å². The Morgan fingerprint density at radius 2 is 1.95 bits per heavy atom. The van der Waals surface area contributed by atoms with Crippen LogP contribution in [0.2, 0.25) is 5.02 Å². The molecule has 0 unspecified atom stereocenters. The number of benzene rings is 1. The van der Waals surface area contributed by atoms with Gasteiger partial charge in [0.1, 0.15) is 5.82 Å². The Labute approximate surface area is 118 Å². The van der Waals surface area contributed by atoms with Crippen LogP contribution in [0.25, 0.3) is 10.9 Å². The monoisotopic (exact) mass is 276 g/mol. The smallest absolute Gasteiger partial charge is 0.153 e. The minimum atomic E-state index is 0.609. The third kappa shape index (κ3) is 2.56. The lowest BCUT2D eigenvalue weighted by Crippen LogP contribution is -2.24. The highest BCUT2D eigenvalue weighted by Gasteiger charge is 2.13. The summed E-state index contributed by atoms with van der Waals surface area (Å²) in [6.07, 6.45) is 0.857. The maximum absolute atomic E-state index is 11.3. The summed E-state index contributed by atoms with van der Waals surface area (Å²) in [7, 11) is 0. The number of carbonyl (C=O) groups excluding carboxylic acids is 1. The second-order valence-electron chi connectivity index (χ2n) is 4.49. The summed E-state index contributed by atoms with van der Waals surface area (Å²) >= 11 is 6.05. The first-order valence-corrected chi connectivity index (χ1v) is 6.79. The minimum Gasteiger partial charge on any atom is -0.357 e. The van der Waals surface area contributed by atoms with Crippen molar-refractivity contribution in [2.75, 3.05) is 18.0 Å². The predicted molar refractivity (Wildman–Crippen MR) is 80.4 cm³/mol. The molecule has 0 atom stereocenters. The van der Waals surface area contributed by atoms with Gasteiger partial charge in [-0.15, -0.1) is 0 Å². The van der Waals surface area contributed by atoms with E-state index in [-0.39, 0.29) is 0 Å². The van der Waals surface area contributed by atoms with Gasteiger partial charge in [0, 0.05) is 23.5 Å². The van der Waals surface area contributed by atoms with E-state index in [1.807, 2.05) is 25.1 Å². The quantitative estimate of drug-likeness (QED) is 0.795. The van der Waals surface area contributed by atoms with E-state index >= 15 is 0 Å². The molecule has 0 aliphatic rings. The summed E-state index contributed by atoms with van der Waals surface area (Å²) < 4.78 is 0. The van der Waals surface area contributed by atoms with Gasteiger partial charge in [-0.3, -0.25) is 4.79 Å². The van der Waals surface area contributed by atoms with Gasteiger partial charge in [0.15, 0.2) is 6.29 Å². The lowest BCUT2D eigenvalue weighted by Gasteiger charge is -2.22. The molecule has 0 saturated carbocycles. The van der Waals surface area contributed by atoms with Gasteiger partial charge in [-0.2, -0.15) is 0 Å². The number of halogens is 1. The first kappa shape index (κ1) is 13.8. The summed E-state index contributed by atoms with van der Waals surface area (Å²) in [5.41, 5.74) is 2.53. The minimum absolute atomic E-state index is 0.609. The molecule has 3 nitrogen and oxygen atoms in total. The standard InChI is InChI=1S/C15H17ClN2O/c1-4-18(5-2)15-12(9-19)7-11-8-13(16)6-10(3)14(11)17-15/h6-9H,4-5H2,1-3H3. The van der Waals surface area contributed by atoms with E-state index in [0.29, 0.717) is 10.6 Å². The van der Waals surface area contributed by atoms with Crippen molar-refractivity contribution in [1.29, 1.82) is 0 Å². The number of aldehydes is 1. The van der Waals surface area contributed by atoms with Crippen LogP contribution in [-0.2, 0) is 0 Å². The average Bonchev–Trinajstić information content (AvgIpc) is 2.39. The van der Waals surface area contributed by atoms with Gasteiger partial charge >= 0.3 is 0 Å². The largest absolute Gasteiger partial charge is 0.357 e. The first-order chi connectivity index (χ1) is 9.10. The van der Waals surface area contributed by atoms with Crippen LogP contribution in [0.5, 0.6) is 0 Å². The van der Waals surface area contributed by atoms with Crippen LogP contribution < -0.4 is 4.90 Å². The Hall–Kier alpha value is -1.61. The fourth-order valence-electron chi connectivity index (χ4n) is 2.29. The Balaban J connectivity index is 2.74. The van der Waals surface area contributed by atoms with Gasteiger partial charge in [-0.05, 0) is 44.5 Å². The summed E-state index contributed by atoms with van der Waals surface area (Å²) in [6.45, 7) is 7.73. The Kier molecular flexibility index (Phi) is 4.05.